The van der Waals surface area contributed by atoms with Crippen LogP contribution in [0.25, 0.3) is 0 Å². The number of nitrogens with zero attached hydrogens (tertiary/aromatic N) is 4. The van der Waals surface area contributed by atoms with E-state index in [0.717, 1.165) is 31.4 Å². The van der Waals surface area contributed by atoms with Crippen LogP contribution in [0.3, 0.4) is 0 Å². The van der Waals surface area contributed by atoms with Gasteiger partial charge in [0.15, 0.2) is 0 Å². The molecule has 0 saturated carbocycles. The molecule has 3 rings (SSSR count). The largest absolute Gasteiger partial charge is 0.337 e. The number of carbonyl (C=O) groups excluding carboxylic acids is 1. The van der Waals surface area contributed by atoms with E-state index in [4.69, 9.17) is 0 Å². The molecule has 1 aliphatic rings. The van der Waals surface area contributed by atoms with E-state index in [1.54, 1.807) is 12.7 Å². The number of likely N-dealkylation sites (tertiary alicyclic amines) is 1. The van der Waals surface area contributed by atoms with Gasteiger partial charge in [-0.05, 0) is 37.0 Å². The zero-order chi connectivity index (χ0) is 14.7. The summed E-state index contributed by atoms with van der Waals surface area (Å²) in [5, 5.41) is 4.20. The maximum Gasteiger partial charge on any atom is 0.253 e. The molecule has 5 heteroatoms. The van der Waals surface area contributed by atoms with Gasteiger partial charge in [0.2, 0.25) is 0 Å². The molecule has 0 spiro atoms. The Balaban J connectivity index is 1.71. The van der Waals surface area contributed by atoms with Gasteiger partial charge in [-0.15, -0.1) is 0 Å². The first-order chi connectivity index (χ1) is 10.3. The lowest BCUT2D eigenvalue weighted by Crippen LogP contribution is -2.40. The van der Waals surface area contributed by atoms with Crippen LogP contribution in [0.15, 0.2) is 36.9 Å². The molecule has 5 nitrogen and oxygen atoms in total. The summed E-state index contributed by atoms with van der Waals surface area (Å²) < 4.78 is 1.86. The van der Waals surface area contributed by atoms with E-state index < -0.39 is 0 Å². The van der Waals surface area contributed by atoms with Crippen LogP contribution in [0.5, 0.6) is 0 Å². The third kappa shape index (κ3) is 2.96. The van der Waals surface area contributed by atoms with E-state index >= 15 is 0 Å². The molecule has 1 fully saturated rings. The lowest BCUT2D eigenvalue weighted by Gasteiger charge is -2.32. The van der Waals surface area contributed by atoms with Crippen LogP contribution in [0.2, 0.25) is 0 Å². The van der Waals surface area contributed by atoms with Crippen molar-refractivity contribution in [1.29, 1.82) is 0 Å². The lowest BCUT2D eigenvalue weighted by molar-refractivity contribution is 0.0672. The SMILES string of the molecule is CCc1ccc(C(=O)N2CCC[C@H](n3cncn3)C2)cc1. The highest BCUT2D eigenvalue weighted by atomic mass is 16.2. The van der Waals surface area contributed by atoms with Crippen LogP contribution in [0, 0.1) is 0 Å². The quantitative estimate of drug-likeness (QED) is 0.869. The van der Waals surface area contributed by atoms with Gasteiger partial charge in [0.05, 0.1) is 6.04 Å². The number of amides is 1. The Morgan fingerprint density at radius 2 is 2.14 bits per heavy atom. The van der Waals surface area contributed by atoms with Crippen molar-refractivity contribution in [2.24, 2.45) is 0 Å². The Labute approximate surface area is 124 Å². The van der Waals surface area contributed by atoms with E-state index in [1.807, 2.05) is 33.8 Å². The smallest absolute Gasteiger partial charge is 0.253 e. The molecule has 110 valence electrons. The molecule has 1 aromatic carbocycles. The molecule has 0 aliphatic carbocycles. The van der Waals surface area contributed by atoms with E-state index in [2.05, 4.69) is 17.0 Å². The van der Waals surface area contributed by atoms with Crippen molar-refractivity contribution in [1.82, 2.24) is 19.7 Å². The standard InChI is InChI=1S/C16H20N4O/c1-2-13-5-7-14(8-6-13)16(21)19-9-3-4-15(10-19)20-12-17-11-18-20/h5-8,11-12,15H,2-4,9-10H2,1H3/t15-/m0/s1. The van der Waals surface area contributed by atoms with Crippen LogP contribution >= 0.6 is 0 Å². The highest BCUT2D eigenvalue weighted by Crippen LogP contribution is 2.22. The van der Waals surface area contributed by atoms with E-state index in [-0.39, 0.29) is 11.9 Å². The van der Waals surface area contributed by atoms with Crippen LogP contribution in [-0.4, -0.2) is 38.7 Å². The van der Waals surface area contributed by atoms with Crippen LogP contribution < -0.4 is 0 Å². The Kier molecular flexibility index (Phi) is 3.99. The lowest BCUT2D eigenvalue weighted by atomic mass is 10.0. The Morgan fingerprint density at radius 3 is 2.81 bits per heavy atom. The molecule has 1 saturated heterocycles. The van der Waals surface area contributed by atoms with E-state index in [9.17, 15) is 4.79 Å². The van der Waals surface area contributed by atoms with Gasteiger partial charge in [0, 0.05) is 18.7 Å². The van der Waals surface area contributed by atoms with Crippen LogP contribution in [0.4, 0.5) is 0 Å². The second kappa shape index (κ2) is 6.08. The van der Waals surface area contributed by atoms with Crippen LogP contribution in [0.1, 0.15) is 41.7 Å². The van der Waals surface area contributed by atoms with Gasteiger partial charge in [-0.2, -0.15) is 5.10 Å². The predicted molar refractivity (Wildman–Crippen MR) is 80.0 cm³/mol. The number of carbonyl (C=O) groups is 1. The monoisotopic (exact) mass is 284 g/mol. The second-order valence-corrected chi connectivity index (χ2v) is 5.47. The Hall–Kier alpha value is -2.17. The predicted octanol–water partition coefficient (Wildman–Crippen LogP) is 2.32. The fourth-order valence-electron chi connectivity index (χ4n) is 2.83. The number of piperidine rings is 1. The third-order valence-corrected chi connectivity index (χ3v) is 4.10. The third-order valence-electron chi connectivity index (χ3n) is 4.10. The molecule has 0 bridgehead atoms. The van der Waals surface area contributed by atoms with E-state index in [0.29, 0.717) is 6.54 Å². The molecular formula is C16H20N4O. The number of hydrogen-bond acceptors (Lipinski definition) is 3. The van der Waals surface area contributed by atoms with Gasteiger partial charge >= 0.3 is 0 Å². The molecule has 1 amide bonds. The van der Waals surface area contributed by atoms with Gasteiger partial charge in [0.1, 0.15) is 12.7 Å². The minimum absolute atomic E-state index is 0.113. The van der Waals surface area contributed by atoms with Gasteiger partial charge < -0.3 is 4.90 Å². The number of aryl methyl sites for hydroxylation is 1. The normalized spacial score (nSPS) is 18.7. The van der Waals surface area contributed by atoms with Gasteiger partial charge in [-0.1, -0.05) is 19.1 Å². The molecular weight excluding hydrogens is 264 g/mol. The summed E-state index contributed by atoms with van der Waals surface area (Å²) in [4.78, 5) is 18.5. The maximum atomic E-state index is 12.6. The fraction of sp³-hybridized carbons (Fsp3) is 0.438. The molecule has 0 radical (unpaired) electrons. The molecule has 1 aliphatic heterocycles. The first-order valence-corrected chi connectivity index (χ1v) is 7.50. The molecule has 1 aromatic heterocycles. The van der Waals surface area contributed by atoms with Gasteiger partial charge in [-0.3, -0.25) is 4.79 Å². The van der Waals surface area contributed by atoms with Gasteiger partial charge in [0.25, 0.3) is 5.91 Å². The zero-order valence-corrected chi connectivity index (χ0v) is 12.3. The minimum Gasteiger partial charge on any atom is -0.337 e. The van der Waals surface area contributed by atoms with Crippen molar-refractivity contribution < 1.29 is 4.79 Å². The summed E-state index contributed by atoms with van der Waals surface area (Å²) in [5.74, 6) is 0.113. The zero-order valence-electron chi connectivity index (χ0n) is 12.3. The summed E-state index contributed by atoms with van der Waals surface area (Å²) in [7, 11) is 0. The summed E-state index contributed by atoms with van der Waals surface area (Å²) in [6, 6.07) is 8.17. The Bertz CT molecular complexity index is 591. The topological polar surface area (TPSA) is 51.0 Å². The summed E-state index contributed by atoms with van der Waals surface area (Å²) in [5.41, 5.74) is 2.03. The number of rotatable bonds is 3. The molecule has 2 aromatic rings. The first-order valence-electron chi connectivity index (χ1n) is 7.50. The minimum atomic E-state index is 0.113. The molecule has 0 unspecified atom stereocenters. The summed E-state index contributed by atoms with van der Waals surface area (Å²) >= 11 is 0. The maximum absolute atomic E-state index is 12.6. The average molecular weight is 284 g/mol. The Morgan fingerprint density at radius 1 is 1.33 bits per heavy atom. The first kappa shape index (κ1) is 13.8. The van der Waals surface area contributed by atoms with Crippen molar-refractivity contribution in [2.45, 2.75) is 32.2 Å². The molecule has 2 heterocycles. The van der Waals surface area contributed by atoms with E-state index in [1.165, 1.54) is 5.56 Å². The van der Waals surface area contributed by atoms with Crippen molar-refractivity contribution in [2.75, 3.05) is 13.1 Å². The fourth-order valence-corrected chi connectivity index (χ4v) is 2.83. The molecule has 1 atom stereocenters. The highest BCUT2D eigenvalue weighted by Gasteiger charge is 2.25. The summed E-state index contributed by atoms with van der Waals surface area (Å²) in [6.07, 6.45) is 6.32. The summed E-state index contributed by atoms with van der Waals surface area (Å²) in [6.45, 7) is 3.64. The number of benzene rings is 1. The number of aromatic nitrogens is 3. The van der Waals surface area contributed by atoms with Gasteiger partial charge in [-0.25, -0.2) is 9.67 Å². The highest BCUT2D eigenvalue weighted by molar-refractivity contribution is 5.94. The van der Waals surface area contributed by atoms with Crippen molar-refractivity contribution in [3.63, 3.8) is 0 Å². The number of hydrogen-bond donors (Lipinski definition) is 0. The van der Waals surface area contributed by atoms with Crippen molar-refractivity contribution >= 4 is 5.91 Å². The molecule has 0 N–H and O–H groups in total. The average Bonchev–Trinajstić information content (AvgIpc) is 3.09. The molecule has 21 heavy (non-hydrogen) atoms. The van der Waals surface area contributed by atoms with Crippen molar-refractivity contribution in [3.05, 3.63) is 48.0 Å². The van der Waals surface area contributed by atoms with Crippen LogP contribution in [-0.2, 0) is 6.42 Å². The second-order valence-electron chi connectivity index (χ2n) is 5.47. The van der Waals surface area contributed by atoms with Crippen molar-refractivity contribution in [3.8, 4) is 0 Å².